The maximum Gasteiger partial charge on any atom is 0.0544 e. The molecular formula is C28H39NO2. The van der Waals surface area contributed by atoms with Crippen molar-refractivity contribution in [2.75, 3.05) is 6.61 Å². The lowest BCUT2D eigenvalue weighted by Crippen LogP contribution is -2.52. The van der Waals surface area contributed by atoms with Crippen LogP contribution < -0.4 is 0 Å². The molecule has 1 aromatic heterocycles. The predicted molar refractivity (Wildman–Crippen MR) is 127 cm³/mol. The second kappa shape index (κ2) is 7.78. The van der Waals surface area contributed by atoms with Crippen LogP contribution >= 0.6 is 0 Å². The van der Waals surface area contributed by atoms with Gasteiger partial charge in [0, 0.05) is 24.9 Å². The summed E-state index contributed by atoms with van der Waals surface area (Å²) in [6.45, 7) is 10.6. The first-order valence-electron chi connectivity index (χ1n) is 12.4. The Balaban J connectivity index is 1.54. The molecule has 3 saturated carbocycles. The Morgan fingerprint density at radius 3 is 2.68 bits per heavy atom. The first-order valence-corrected chi connectivity index (χ1v) is 12.4. The van der Waals surface area contributed by atoms with Gasteiger partial charge >= 0.3 is 0 Å². The number of aliphatic hydroxyl groups excluding tert-OH is 2. The minimum absolute atomic E-state index is 0.0901. The normalized spacial score (nSPS) is 40.9. The number of hydrogen-bond donors (Lipinski definition) is 2. The topological polar surface area (TPSA) is 45.4 Å². The fourth-order valence-electron chi connectivity index (χ4n) is 7.96. The molecule has 0 bridgehead atoms. The number of aliphatic hydroxyl groups is 2. The highest BCUT2D eigenvalue weighted by atomic mass is 16.3. The Morgan fingerprint density at radius 1 is 1.06 bits per heavy atom. The molecule has 7 atom stereocenters. The summed E-state index contributed by atoms with van der Waals surface area (Å²) in [4.78, 5) is 0. The summed E-state index contributed by atoms with van der Waals surface area (Å²) in [5.41, 5.74) is 3.13. The molecule has 0 saturated heterocycles. The number of para-hydroxylation sites is 1. The SMILES string of the molecule is C=C1CC[C@H]2[C@H](Cn3ccc4ccccc43)[C@@H]([C@@]3(C)CC[C@H](O)C[C@@H]3CO)CC[C@]12C. The van der Waals surface area contributed by atoms with Gasteiger partial charge in [-0.25, -0.2) is 0 Å². The highest BCUT2D eigenvalue weighted by Crippen LogP contribution is 2.63. The van der Waals surface area contributed by atoms with Gasteiger partial charge in [-0.3, -0.25) is 0 Å². The minimum Gasteiger partial charge on any atom is -0.396 e. The smallest absolute Gasteiger partial charge is 0.0544 e. The third-order valence-electron chi connectivity index (χ3n) is 10.1. The van der Waals surface area contributed by atoms with Crippen LogP contribution in [0.4, 0.5) is 0 Å². The van der Waals surface area contributed by atoms with Crippen LogP contribution in [0.15, 0.2) is 48.7 Å². The van der Waals surface area contributed by atoms with Gasteiger partial charge in [0.05, 0.1) is 6.10 Å². The van der Waals surface area contributed by atoms with Crippen molar-refractivity contribution in [1.82, 2.24) is 4.57 Å². The van der Waals surface area contributed by atoms with Crippen molar-refractivity contribution < 1.29 is 10.2 Å². The summed E-state index contributed by atoms with van der Waals surface area (Å²) in [5, 5.41) is 22.0. The first kappa shape index (κ1) is 21.3. The zero-order chi connectivity index (χ0) is 21.8. The average molecular weight is 422 g/mol. The van der Waals surface area contributed by atoms with Gasteiger partial charge in [-0.05, 0) is 97.0 Å². The zero-order valence-electron chi connectivity index (χ0n) is 19.3. The molecule has 31 heavy (non-hydrogen) atoms. The summed E-state index contributed by atoms with van der Waals surface area (Å²) < 4.78 is 2.48. The Morgan fingerprint density at radius 2 is 1.87 bits per heavy atom. The minimum atomic E-state index is -0.253. The van der Waals surface area contributed by atoms with Crippen LogP contribution in [0.1, 0.15) is 58.8 Å². The van der Waals surface area contributed by atoms with E-state index in [4.69, 9.17) is 0 Å². The monoisotopic (exact) mass is 421 g/mol. The molecule has 2 aromatic rings. The molecule has 3 aliphatic carbocycles. The molecule has 1 aromatic carbocycles. The molecule has 5 rings (SSSR count). The fraction of sp³-hybridized carbons (Fsp3) is 0.643. The van der Waals surface area contributed by atoms with Crippen LogP contribution in [-0.4, -0.2) is 27.5 Å². The van der Waals surface area contributed by atoms with Crippen molar-refractivity contribution in [3.05, 3.63) is 48.7 Å². The van der Waals surface area contributed by atoms with E-state index in [0.717, 1.165) is 32.2 Å². The summed E-state index contributed by atoms with van der Waals surface area (Å²) >= 11 is 0. The van der Waals surface area contributed by atoms with Crippen LogP contribution in [0.2, 0.25) is 0 Å². The third kappa shape index (κ3) is 3.31. The molecule has 0 amide bonds. The average Bonchev–Trinajstić information content (AvgIpc) is 3.31. The van der Waals surface area contributed by atoms with Crippen molar-refractivity contribution in [2.45, 2.75) is 71.4 Å². The second-order valence-corrected chi connectivity index (χ2v) is 11.3. The van der Waals surface area contributed by atoms with E-state index in [-0.39, 0.29) is 29.5 Å². The van der Waals surface area contributed by atoms with Gasteiger partial charge in [0.2, 0.25) is 0 Å². The van der Waals surface area contributed by atoms with Crippen molar-refractivity contribution in [2.24, 2.45) is 34.5 Å². The maximum absolute atomic E-state index is 10.3. The number of allylic oxidation sites excluding steroid dienone is 1. The Labute approximate surface area is 187 Å². The summed E-state index contributed by atoms with van der Waals surface area (Å²) in [6.07, 6.45) is 9.50. The third-order valence-corrected chi connectivity index (χ3v) is 10.1. The van der Waals surface area contributed by atoms with Crippen LogP contribution in [0, 0.1) is 34.5 Å². The molecule has 1 heterocycles. The van der Waals surface area contributed by atoms with Crippen molar-refractivity contribution in [3.63, 3.8) is 0 Å². The van der Waals surface area contributed by atoms with E-state index >= 15 is 0 Å². The number of fused-ring (bicyclic) bond motifs is 2. The van der Waals surface area contributed by atoms with Gasteiger partial charge in [-0.1, -0.05) is 44.2 Å². The summed E-state index contributed by atoms with van der Waals surface area (Å²) in [5.74, 6) is 1.99. The van der Waals surface area contributed by atoms with Crippen molar-refractivity contribution in [1.29, 1.82) is 0 Å². The van der Waals surface area contributed by atoms with Gasteiger partial charge in [0.15, 0.2) is 0 Å². The molecule has 3 aliphatic rings. The molecule has 3 heteroatoms. The number of nitrogens with zero attached hydrogens (tertiary/aromatic N) is 1. The molecule has 0 radical (unpaired) electrons. The lowest BCUT2D eigenvalue weighted by molar-refractivity contribution is -0.0972. The lowest BCUT2D eigenvalue weighted by atomic mass is 9.49. The fourth-order valence-corrected chi connectivity index (χ4v) is 7.96. The number of rotatable bonds is 4. The molecule has 2 N–H and O–H groups in total. The Kier molecular flexibility index (Phi) is 5.34. The largest absolute Gasteiger partial charge is 0.396 e. The van der Waals surface area contributed by atoms with Crippen LogP contribution in [-0.2, 0) is 6.54 Å². The van der Waals surface area contributed by atoms with E-state index in [1.807, 2.05) is 0 Å². The first-order chi connectivity index (χ1) is 14.9. The Hall–Kier alpha value is -1.58. The summed E-state index contributed by atoms with van der Waals surface area (Å²) in [7, 11) is 0. The molecular weight excluding hydrogens is 382 g/mol. The van der Waals surface area contributed by atoms with Crippen molar-refractivity contribution >= 4 is 10.9 Å². The van der Waals surface area contributed by atoms with E-state index in [1.165, 1.54) is 35.7 Å². The van der Waals surface area contributed by atoms with Gasteiger partial charge < -0.3 is 14.8 Å². The van der Waals surface area contributed by atoms with Gasteiger partial charge in [-0.2, -0.15) is 0 Å². The Bertz CT molecular complexity index is 963. The van der Waals surface area contributed by atoms with E-state index in [0.29, 0.717) is 17.8 Å². The molecule has 3 nitrogen and oxygen atoms in total. The molecule has 0 aliphatic heterocycles. The standard InChI is InChI=1S/C28H39NO2/c1-19-8-9-24-23(17-29-15-12-20-6-4-5-7-26(20)29)25(11-14-27(19,24)2)28(3)13-10-22(31)16-21(28)18-30/h4-7,12,15,21-25,30-31H,1,8-11,13-14,16-18H2,2-3H3/t21-,22+,23+,24+,25+,27-,28+/m1/s1. The summed E-state index contributed by atoms with van der Waals surface area (Å²) in [6, 6.07) is 11.0. The van der Waals surface area contributed by atoms with E-state index in [9.17, 15) is 10.2 Å². The van der Waals surface area contributed by atoms with Gasteiger partial charge in [-0.15, -0.1) is 0 Å². The van der Waals surface area contributed by atoms with Crippen LogP contribution in [0.25, 0.3) is 10.9 Å². The van der Waals surface area contributed by atoms with Gasteiger partial charge in [0.25, 0.3) is 0 Å². The second-order valence-electron chi connectivity index (χ2n) is 11.3. The van der Waals surface area contributed by atoms with E-state index in [1.54, 1.807) is 0 Å². The van der Waals surface area contributed by atoms with E-state index in [2.05, 4.69) is 61.5 Å². The highest BCUT2D eigenvalue weighted by molar-refractivity contribution is 5.79. The number of hydrogen-bond acceptors (Lipinski definition) is 2. The molecule has 3 fully saturated rings. The van der Waals surface area contributed by atoms with E-state index < -0.39 is 0 Å². The number of benzene rings is 1. The molecule has 0 spiro atoms. The lowest BCUT2D eigenvalue weighted by Gasteiger charge is -2.56. The van der Waals surface area contributed by atoms with Crippen LogP contribution in [0.3, 0.4) is 0 Å². The maximum atomic E-state index is 10.3. The van der Waals surface area contributed by atoms with Crippen LogP contribution in [0.5, 0.6) is 0 Å². The predicted octanol–water partition coefficient (Wildman–Crippen LogP) is 5.80. The molecule has 168 valence electrons. The zero-order valence-corrected chi connectivity index (χ0v) is 19.3. The number of aromatic nitrogens is 1. The van der Waals surface area contributed by atoms with Gasteiger partial charge in [0.1, 0.15) is 0 Å². The quantitative estimate of drug-likeness (QED) is 0.613. The highest BCUT2D eigenvalue weighted by Gasteiger charge is 2.56. The van der Waals surface area contributed by atoms with Crippen molar-refractivity contribution in [3.8, 4) is 0 Å². The molecule has 0 unspecified atom stereocenters.